The van der Waals surface area contributed by atoms with Crippen molar-refractivity contribution >= 4 is 23.3 Å². The standard InChI is InChI=1S/C19H25ClN6O2/c1-12-9-18(26(2)25-12)24-19(28)16(21)7-8-17(22)23-15(11-27)10-13-3-5-14(20)6-4-13/h3-9,15,23,27H,10-11,21-22H2,1-2H3,(H,24,28)/b16-7-,17-8+. The van der Waals surface area contributed by atoms with Crippen LogP contribution in [0.5, 0.6) is 0 Å². The molecule has 0 aliphatic heterocycles. The third kappa shape index (κ3) is 6.33. The molecule has 0 radical (unpaired) electrons. The van der Waals surface area contributed by atoms with Crippen LogP contribution in [0.1, 0.15) is 11.3 Å². The number of rotatable bonds is 8. The van der Waals surface area contributed by atoms with E-state index in [-0.39, 0.29) is 24.2 Å². The van der Waals surface area contributed by atoms with Crippen LogP contribution in [0.2, 0.25) is 5.02 Å². The number of aliphatic hydroxyl groups excluding tert-OH is 1. The van der Waals surface area contributed by atoms with E-state index in [1.807, 2.05) is 19.1 Å². The quantitative estimate of drug-likeness (QED) is 0.331. The van der Waals surface area contributed by atoms with Crippen LogP contribution in [0.3, 0.4) is 0 Å². The molecule has 1 amide bonds. The lowest BCUT2D eigenvalue weighted by Gasteiger charge is -2.17. The third-order valence-electron chi connectivity index (χ3n) is 3.93. The molecule has 1 heterocycles. The maximum atomic E-state index is 12.1. The zero-order valence-corrected chi connectivity index (χ0v) is 16.6. The molecule has 28 heavy (non-hydrogen) atoms. The summed E-state index contributed by atoms with van der Waals surface area (Å²) >= 11 is 5.87. The topological polar surface area (TPSA) is 131 Å². The van der Waals surface area contributed by atoms with Gasteiger partial charge in [-0.2, -0.15) is 5.10 Å². The number of anilines is 1. The van der Waals surface area contributed by atoms with Crippen molar-refractivity contribution in [2.45, 2.75) is 19.4 Å². The highest BCUT2D eigenvalue weighted by atomic mass is 35.5. The summed E-state index contributed by atoms with van der Waals surface area (Å²) in [6.07, 6.45) is 3.44. The fourth-order valence-corrected chi connectivity index (χ4v) is 2.65. The number of nitrogens with one attached hydrogen (secondary N) is 2. The number of nitrogens with zero attached hydrogens (tertiary/aromatic N) is 2. The van der Waals surface area contributed by atoms with Crippen LogP contribution >= 0.6 is 11.6 Å². The number of halogens is 1. The molecule has 8 nitrogen and oxygen atoms in total. The number of allylic oxidation sites excluding steroid dienone is 2. The Morgan fingerprint density at radius 3 is 2.57 bits per heavy atom. The number of aliphatic hydroxyl groups is 1. The van der Waals surface area contributed by atoms with Crippen molar-refractivity contribution in [1.29, 1.82) is 0 Å². The van der Waals surface area contributed by atoms with Gasteiger partial charge in [0.2, 0.25) is 0 Å². The maximum Gasteiger partial charge on any atom is 0.272 e. The summed E-state index contributed by atoms with van der Waals surface area (Å²) in [5, 5.41) is 20.0. The molecule has 0 fully saturated rings. The Balaban J connectivity index is 1.95. The number of carbonyl (C=O) groups excluding carboxylic acids is 1. The summed E-state index contributed by atoms with van der Waals surface area (Å²) in [4.78, 5) is 12.1. The van der Waals surface area contributed by atoms with Crippen LogP contribution in [0.25, 0.3) is 0 Å². The fourth-order valence-electron chi connectivity index (χ4n) is 2.52. The van der Waals surface area contributed by atoms with E-state index >= 15 is 0 Å². The molecule has 0 saturated carbocycles. The Hall–Kier alpha value is -2.97. The van der Waals surface area contributed by atoms with Gasteiger partial charge in [-0.3, -0.25) is 9.48 Å². The molecule has 1 aromatic carbocycles. The van der Waals surface area contributed by atoms with E-state index in [0.717, 1.165) is 11.3 Å². The first-order valence-electron chi connectivity index (χ1n) is 8.65. The minimum absolute atomic E-state index is 0.0122. The van der Waals surface area contributed by atoms with Crippen LogP contribution in [0.15, 0.2) is 54.0 Å². The number of aromatic nitrogens is 2. The van der Waals surface area contributed by atoms with E-state index in [0.29, 0.717) is 17.3 Å². The number of hydrogen-bond acceptors (Lipinski definition) is 6. The first kappa shape index (κ1) is 21.3. The Labute approximate surface area is 168 Å². The van der Waals surface area contributed by atoms with Crippen LogP contribution < -0.4 is 22.1 Å². The highest BCUT2D eigenvalue weighted by Crippen LogP contribution is 2.11. The summed E-state index contributed by atoms with van der Waals surface area (Å²) < 4.78 is 1.55. The second-order valence-corrected chi connectivity index (χ2v) is 6.78. The lowest BCUT2D eigenvalue weighted by atomic mass is 10.1. The van der Waals surface area contributed by atoms with Crippen molar-refractivity contribution in [3.63, 3.8) is 0 Å². The van der Waals surface area contributed by atoms with Gasteiger partial charge < -0.3 is 27.2 Å². The van der Waals surface area contributed by atoms with Crippen molar-refractivity contribution in [3.05, 3.63) is 70.3 Å². The van der Waals surface area contributed by atoms with Crippen LogP contribution in [-0.2, 0) is 18.3 Å². The number of nitrogens with two attached hydrogens (primary N) is 2. The van der Waals surface area contributed by atoms with Gasteiger partial charge in [-0.25, -0.2) is 0 Å². The monoisotopic (exact) mass is 404 g/mol. The summed E-state index contributed by atoms with van der Waals surface area (Å²) in [6.45, 7) is 1.71. The second kappa shape index (κ2) is 9.82. The predicted molar refractivity (Wildman–Crippen MR) is 110 cm³/mol. The van der Waals surface area contributed by atoms with Crippen molar-refractivity contribution in [2.24, 2.45) is 18.5 Å². The lowest BCUT2D eigenvalue weighted by molar-refractivity contribution is -0.112. The maximum absolute atomic E-state index is 12.1. The van der Waals surface area contributed by atoms with Gasteiger partial charge in [-0.05, 0) is 43.2 Å². The predicted octanol–water partition coefficient (Wildman–Crippen LogP) is 1.16. The van der Waals surface area contributed by atoms with Crippen molar-refractivity contribution in [2.75, 3.05) is 11.9 Å². The van der Waals surface area contributed by atoms with Gasteiger partial charge in [-0.1, -0.05) is 23.7 Å². The van der Waals surface area contributed by atoms with Crippen molar-refractivity contribution < 1.29 is 9.90 Å². The van der Waals surface area contributed by atoms with Gasteiger partial charge in [0.05, 0.1) is 29.9 Å². The molecule has 2 aromatic rings. The van der Waals surface area contributed by atoms with Crippen molar-refractivity contribution in [1.82, 2.24) is 15.1 Å². The smallest absolute Gasteiger partial charge is 0.272 e. The Bertz CT molecular complexity index is 873. The molecule has 0 aliphatic rings. The number of amides is 1. The molecule has 0 aliphatic carbocycles. The summed E-state index contributed by atoms with van der Waals surface area (Å²) in [5.41, 5.74) is 13.5. The molecule has 9 heteroatoms. The van der Waals surface area contributed by atoms with Gasteiger partial charge in [0.25, 0.3) is 5.91 Å². The van der Waals surface area contributed by atoms with Crippen LogP contribution in [0, 0.1) is 6.92 Å². The number of hydrogen-bond donors (Lipinski definition) is 5. The molecule has 7 N–H and O–H groups in total. The number of aryl methyl sites for hydroxylation is 2. The average Bonchev–Trinajstić information content (AvgIpc) is 2.97. The highest BCUT2D eigenvalue weighted by Gasteiger charge is 2.10. The average molecular weight is 405 g/mol. The Morgan fingerprint density at radius 1 is 1.32 bits per heavy atom. The Morgan fingerprint density at radius 2 is 2.00 bits per heavy atom. The summed E-state index contributed by atoms with van der Waals surface area (Å²) in [7, 11) is 1.72. The minimum atomic E-state index is -0.466. The summed E-state index contributed by atoms with van der Waals surface area (Å²) in [5.74, 6) is 0.351. The van der Waals surface area contributed by atoms with Gasteiger partial charge in [0.15, 0.2) is 0 Å². The molecule has 0 bridgehead atoms. The molecule has 2 rings (SSSR count). The first-order chi connectivity index (χ1) is 13.3. The van der Waals surface area contributed by atoms with E-state index in [4.69, 9.17) is 23.1 Å². The molecule has 0 spiro atoms. The van der Waals surface area contributed by atoms with Gasteiger partial charge in [0.1, 0.15) is 5.82 Å². The first-order valence-corrected chi connectivity index (χ1v) is 9.03. The van der Waals surface area contributed by atoms with E-state index in [1.54, 1.807) is 29.9 Å². The minimum Gasteiger partial charge on any atom is -0.394 e. The molecule has 1 aromatic heterocycles. The molecule has 0 saturated heterocycles. The SMILES string of the molecule is Cc1cc(NC(=O)/C(N)=C/C=C(\N)NC(CO)Cc2ccc(Cl)cc2)n(C)n1. The third-order valence-corrected chi connectivity index (χ3v) is 4.19. The molecule has 150 valence electrons. The van der Waals surface area contributed by atoms with E-state index < -0.39 is 5.91 Å². The number of carbonyl (C=O) groups is 1. The Kier molecular flexibility index (Phi) is 7.48. The molecular formula is C19H25ClN6O2. The van der Waals surface area contributed by atoms with Gasteiger partial charge in [0, 0.05) is 18.1 Å². The van der Waals surface area contributed by atoms with E-state index in [9.17, 15) is 9.90 Å². The van der Waals surface area contributed by atoms with E-state index in [2.05, 4.69) is 15.7 Å². The van der Waals surface area contributed by atoms with Crippen LogP contribution in [-0.4, -0.2) is 33.4 Å². The second-order valence-electron chi connectivity index (χ2n) is 6.35. The summed E-state index contributed by atoms with van der Waals surface area (Å²) in [6, 6.07) is 8.79. The lowest BCUT2D eigenvalue weighted by Crippen LogP contribution is -2.36. The fraction of sp³-hybridized carbons (Fsp3) is 0.263. The van der Waals surface area contributed by atoms with E-state index in [1.165, 1.54) is 12.2 Å². The largest absolute Gasteiger partial charge is 0.394 e. The zero-order chi connectivity index (χ0) is 20.7. The normalized spacial score (nSPS) is 13.3. The van der Waals surface area contributed by atoms with Crippen molar-refractivity contribution in [3.8, 4) is 0 Å². The van der Waals surface area contributed by atoms with Crippen LogP contribution in [0.4, 0.5) is 5.82 Å². The highest BCUT2D eigenvalue weighted by molar-refractivity contribution is 6.30. The van der Waals surface area contributed by atoms with Gasteiger partial charge >= 0.3 is 0 Å². The zero-order valence-electron chi connectivity index (χ0n) is 15.8. The molecule has 1 atom stereocenters. The van der Waals surface area contributed by atoms with Gasteiger partial charge in [-0.15, -0.1) is 0 Å². The number of benzene rings is 1. The molecular weight excluding hydrogens is 380 g/mol. The molecule has 1 unspecified atom stereocenters.